The average Bonchev–Trinajstić information content (AvgIpc) is 2.37. The molecule has 1 amide bonds. The highest BCUT2D eigenvalue weighted by molar-refractivity contribution is 5.78. The molecule has 1 rings (SSSR count). The summed E-state index contributed by atoms with van der Waals surface area (Å²) in [7, 11) is 0. The minimum atomic E-state index is -0.228. The molecular weight excluding hydrogens is 228 g/mol. The molecule has 0 heterocycles. The van der Waals surface area contributed by atoms with Gasteiger partial charge in [-0.15, -0.1) is 0 Å². The quantitative estimate of drug-likeness (QED) is 0.668. The second-order valence-corrected chi connectivity index (χ2v) is 4.67. The fourth-order valence-electron chi connectivity index (χ4n) is 1.64. The molecule has 0 aliphatic rings. The van der Waals surface area contributed by atoms with Crippen LogP contribution in [0.25, 0.3) is 0 Å². The maximum atomic E-state index is 11.6. The summed E-state index contributed by atoms with van der Waals surface area (Å²) in [6.45, 7) is 4.20. The SMILES string of the molecule is CC(C)NCC(=O)N[C@@H](CO)Cc1ccccc1. The number of carbonyl (C=O) groups excluding carboxylic acids is 1. The second-order valence-electron chi connectivity index (χ2n) is 4.67. The molecular formula is C14H22N2O2. The maximum absolute atomic E-state index is 11.6. The summed E-state index contributed by atoms with van der Waals surface area (Å²) < 4.78 is 0. The van der Waals surface area contributed by atoms with Gasteiger partial charge in [0.25, 0.3) is 0 Å². The molecule has 0 radical (unpaired) electrons. The van der Waals surface area contributed by atoms with E-state index in [1.165, 1.54) is 0 Å². The van der Waals surface area contributed by atoms with Crippen molar-refractivity contribution < 1.29 is 9.90 Å². The van der Waals surface area contributed by atoms with Crippen molar-refractivity contribution in [3.63, 3.8) is 0 Å². The Morgan fingerprint density at radius 1 is 1.28 bits per heavy atom. The molecule has 1 atom stereocenters. The number of aliphatic hydroxyl groups excluding tert-OH is 1. The van der Waals surface area contributed by atoms with E-state index in [-0.39, 0.29) is 31.1 Å². The predicted molar refractivity (Wildman–Crippen MR) is 72.3 cm³/mol. The van der Waals surface area contributed by atoms with Crippen LogP contribution >= 0.6 is 0 Å². The van der Waals surface area contributed by atoms with Gasteiger partial charge in [0, 0.05) is 6.04 Å². The lowest BCUT2D eigenvalue weighted by Crippen LogP contribution is -2.44. The van der Waals surface area contributed by atoms with Gasteiger partial charge in [-0.25, -0.2) is 0 Å². The fourth-order valence-corrected chi connectivity index (χ4v) is 1.64. The average molecular weight is 250 g/mol. The predicted octanol–water partition coefficient (Wildman–Crippen LogP) is 0.704. The molecule has 4 heteroatoms. The van der Waals surface area contributed by atoms with Crippen molar-refractivity contribution in [3.8, 4) is 0 Å². The lowest BCUT2D eigenvalue weighted by atomic mass is 10.1. The van der Waals surface area contributed by atoms with E-state index in [2.05, 4.69) is 10.6 Å². The smallest absolute Gasteiger partial charge is 0.234 e. The molecule has 3 N–H and O–H groups in total. The third-order valence-electron chi connectivity index (χ3n) is 2.58. The summed E-state index contributed by atoms with van der Waals surface area (Å²) in [5.41, 5.74) is 1.11. The summed E-state index contributed by atoms with van der Waals surface area (Å²) in [6, 6.07) is 9.87. The monoisotopic (exact) mass is 250 g/mol. The van der Waals surface area contributed by atoms with Crippen LogP contribution in [-0.4, -0.2) is 36.2 Å². The third-order valence-corrected chi connectivity index (χ3v) is 2.58. The van der Waals surface area contributed by atoms with Gasteiger partial charge in [0.15, 0.2) is 0 Å². The van der Waals surface area contributed by atoms with E-state index >= 15 is 0 Å². The van der Waals surface area contributed by atoms with Gasteiger partial charge in [0.05, 0.1) is 19.2 Å². The minimum Gasteiger partial charge on any atom is -0.394 e. The summed E-state index contributed by atoms with van der Waals surface area (Å²) in [5.74, 6) is -0.0846. The molecule has 0 saturated carbocycles. The van der Waals surface area contributed by atoms with Crippen LogP contribution in [0.3, 0.4) is 0 Å². The van der Waals surface area contributed by atoms with E-state index in [1.54, 1.807) is 0 Å². The number of hydrogen-bond donors (Lipinski definition) is 3. The minimum absolute atomic E-state index is 0.0533. The molecule has 0 unspecified atom stereocenters. The first-order chi connectivity index (χ1) is 8.61. The Balaban J connectivity index is 2.40. The number of nitrogens with one attached hydrogen (secondary N) is 2. The zero-order valence-electron chi connectivity index (χ0n) is 11.0. The molecule has 0 aliphatic heterocycles. The van der Waals surface area contributed by atoms with Gasteiger partial charge < -0.3 is 15.7 Å². The standard InChI is InChI=1S/C14H22N2O2/c1-11(2)15-9-14(18)16-13(10-17)8-12-6-4-3-5-7-12/h3-7,11,13,15,17H,8-10H2,1-2H3,(H,16,18)/t13-/m1/s1. The van der Waals surface area contributed by atoms with Crippen LogP contribution in [0.2, 0.25) is 0 Å². The van der Waals surface area contributed by atoms with Crippen LogP contribution in [0.4, 0.5) is 0 Å². The van der Waals surface area contributed by atoms with Crippen LogP contribution in [-0.2, 0) is 11.2 Å². The van der Waals surface area contributed by atoms with E-state index in [0.29, 0.717) is 6.42 Å². The van der Waals surface area contributed by atoms with Gasteiger partial charge >= 0.3 is 0 Å². The Kier molecular flexibility index (Phi) is 6.39. The Morgan fingerprint density at radius 3 is 2.50 bits per heavy atom. The lowest BCUT2D eigenvalue weighted by Gasteiger charge is -2.17. The van der Waals surface area contributed by atoms with E-state index < -0.39 is 0 Å². The van der Waals surface area contributed by atoms with Crippen molar-refractivity contribution in [1.29, 1.82) is 0 Å². The van der Waals surface area contributed by atoms with Gasteiger partial charge in [-0.1, -0.05) is 44.2 Å². The van der Waals surface area contributed by atoms with Crippen molar-refractivity contribution in [3.05, 3.63) is 35.9 Å². The van der Waals surface area contributed by atoms with Gasteiger partial charge in [0.1, 0.15) is 0 Å². The highest BCUT2D eigenvalue weighted by Crippen LogP contribution is 2.02. The highest BCUT2D eigenvalue weighted by atomic mass is 16.3. The summed E-state index contributed by atoms with van der Waals surface area (Å²) in [5, 5.41) is 15.1. The molecule has 0 aromatic heterocycles. The molecule has 0 spiro atoms. The molecule has 1 aromatic rings. The number of rotatable bonds is 7. The normalized spacial score (nSPS) is 12.4. The van der Waals surface area contributed by atoms with Crippen LogP contribution in [0.15, 0.2) is 30.3 Å². The first-order valence-electron chi connectivity index (χ1n) is 6.29. The maximum Gasteiger partial charge on any atom is 0.234 e. The molecule has 100 valence electrons. The number of amides is 1. The van der Waals surface area contributed by atoms with Crippen LogP contribution in [0.1, 0.15) is 19.4 Å². The highest BCUT2D eigenvalue weighted by Gasteiger charge is 2.11. The molecule has 0 bridgehead atoms. The summed E-state index contributed by atoms with van der Waals surface area (Å²) in [6.07, 6.45) is 0.644. The van der Waals surface area contributed by atoms with Crippen molar-refractivity contribution in [2.75, 3.05) is 13.2 Å². The van der Waals surface area contributed by atoms with Crippen LogP contribution in [0, 0.1) is 0 Å². The molecule has 0 saturated heterocycles. The molecule has 1 aromatic carbocycles. The molecule has 18 heavy (non-hydrogen) atoms. The lowest BCUT2D eigenvalue weighted by molar-refractivity contribution is -0.121. The summed E-state index contributed by atoms with van der Waals surface area (Å²) in [4.78, 5) is 11.6. The van der Waals surface area contributed by atoms with Crippen molar-refractivity contribution in [2.24, 2.45) is 0 Å². The van der Waals surface area contributed by atoms with Gasteiger partial charge in [-0.2, -0.15) is 0 Å². The van der Waals surface area contributed by atoms with E-state index in [4.69, 9.17) is 0 Å². The fraction of sp³-hybridized carbons (Fsp3) is 0.500. The third kappa shape index (κ3) is 5.80. The van der Waals surface area contributed by atoms with Gasteiger partial charge in [-0.3, -0.25) is 4.79 Å². The number of carbonyl (C=O) groups is 1. The van der Waals surface area contributed by atoms with E-state index in [9.17, 15) is 9.90 Å². The number of aliphatic hydroxyl groups is 1. The van der Waals surface area contributed by atoms with Crippen molar-refractivity contribution in [2.45, 2.75) is 32.4 Å². The van der Waals surface area contributed by atoms with Crippen molar-refractivity contribution in [1.82, 2.24) is 10.6 Å². The Hall–Kier alpha value is -1.39. The first-order valence-corrected chi connectivity index (χ1v) is 6.29. The topological polar surface area (TPSA) is 61.4 Å². The Morgan fingerprint density at radius 2 is 1.94 bits per heavy atom. The largest absolute Gasteiger partial charge is 0.394 e. The van der Waals surface area contributed by atoms with E-state index in [1.807, 2.05) is 44.2 Å². The molecule has 4 nitrogen and oxygen atoms in total. The Bertz CT molecular complexity index is 352. The van der Waals surface area contributed by atoms with Gasteiger partial charge in [0.2, 0.25) is 5.91 Å². The molecule has 0 fully saturated rings. The summed E-state index contributed by atoms with van der Waals surface area (Å²) >= 11 is 0. The zero-order chi connectivity index (χ0) is 13.4. The van der Waals surface area contributed by atoms with Gasteiger partial charge in [-0.05, 0) is 12.0 Å². The Labute approximate surface area is 108 Å². The van der Waals surface area contributed by atoms with E-state index in [0.717, 1.165) is 5.56 Å². The second kappa shape index (κ2) is 7.84. The van der Waals surface area contributed by atoms with Crippen LogP contribution in [0.5, 0.6) is 0 Å². The zero-order valence-corrected chi connectivity index (χ0v) is 11.0. The van der Waals surface area contributed by atoms with Crippen LogP contribution < -0.4 is 10.6 Å². The number of benzene rings is 1. The molecule has 0 aliphatic carbocycles. The van der Waals surface area contributed by atoms with Crippen molar-refractivity contribution >= 4 is 5.91 Å². The first kappa shape index (κ1) is 14.7. The number of hydrogen-bond acceptors (Lipinski definition) is 3.